The van der Waals surface area contributed by atoms with Crippen LogP contribution in [0.4, 0.5) is 0 Å². The molecule has 0 spiro atoms. The highest BCUT2D eigenvalue weighted by Gasteiger charge is 2.06. The minimum Gasteiger partial charge on any atom is -0.355 e. The number of nitrogens with zero attached hydrogens (tertiary/aromatic N) is 1. The third-order valence-corrected chi connectivity index (χ3v) is 3.93. The molecule has 0 saturated carbocycles. The zero-order valence-electron chi connectivity index (χ0n) is 12.0. The molecule has 0 radical (unpaired) electrons. The lowest BCUT2D eigenvalue weighted by Crippen LogP contribution is -2.26. The first-order valence-electron chi connectivity index (χ1n) is 7.05. The number of amides is 1. The van der Waals surface area contributed by atoms with Crippen molar-refractivity contribution in [3.8, 4) is 0 Å². The van der Waals surface area contributed by atoms with Crippen molar-refractivity contribution in [3.63, 3.8) is 0 Å². The number of imidazole rings is 1. The fraction of sp³-hybridized carbons (Fsp3) is 0.467. The van der Waals surface area contributed by atoms with Crippen LogP contribution in [-0.4, -0.2) is 28.2 Å². The summed E-state index contributed by atoms with van der Waals surface area (Å²) < 4.78 is 0. The van der Waals surface area contributed by atoms with Crippen LogP contribution >= 0.6 is 11.8 Å². The number of hydrogen-bond acceptors (Lipinski definition) is 3. The minimum atomic E-state index is 0.0720. The van der Waals surface area contributed by atoms with Crippen molar-refractivity contribution in [2.24, 2.45) is 0 Å². The molecule has 1 amide bonds. The Morgan fingerprint density at radius 3 is 3.05 bits per heavy atom. The summed E-state index contributed by atoms with van der Waals surface area (Å²) in [4.78, 5) is 19.4. The van der Waals surface area contributed by atoms with Crippen LogP contribution in [0.5, 0.6) is 0 Å². The lowest BCUT2D eigenvalue weighted by molar-refractivity contribution is -0.118. The van der Waals surface area contributed by atoms with E-state index in [1.165, 1.54) is 23.7 Å². The molecule has 1 aromatic heterocycles. The molecule has 0 aliphatic rings. The second-order valence-electron chi connectivity index (χ2n) is 4.91. The SMILES string of the molecule is CCCCCNC(=O)CSc1nc2ccc(C)cc2[nH]1. The number of hydrogen-bond donors (Lipinski definition) is 2. The highest BCUT2D eigenvalue weighted by atomic mass is 32.2. The quantitative estimate of drug-likeness (QED) is 0.608. The van der Waals surface area contributed by atoms with Crippen molar-refractivity contribution in [1.29, 1.82) is 0 Å². The highest BCUT2D eigenvalue weighted by molar-refractivity contribution is 7.99. The first-order valence-corrected chi connectivity index (χ1v) is 8.03. The largest absolute Gasteiger partial charge is 0.355 e. The van der Waals surface area contributed by atoms with Crippen LogP contribution in [0.2, 0.25) is 0 Å². The Hall–Kier alpha value is -1.49. The summed E-state index contributed by atoms with van der Waals surface area (Å²) in [6, 6.07) is 6.10. The molecular formula is C15H21N3OS. The van der Waals surface area contributed by atoms with Crippen LogP contribution in [0.25, 0.3) is 11.0 Å². The van der Waals surface area contributed by atoms with Crippen LogP contribution in [0, 0.1) is 6.92 Å². The molecule has 0 bridgehead atoms. The van der Waals surface area contributed by atoms with Crippen molar-refractivity contribution >= 4 is 28.7 Å². The molecule has 5 heteroatoms. The summed E-state index contributed by atoms with van der Waals surface area (Å²) in [6.45, 7) is 4.98. The number of benzene rings is 1. The molecule has 1 aromatic carbocycles. The molecule has 0 saturated heterocycles. The predicted molar refractivity (Wildman–Crippen MR) is 84.1 cm³/mol. The monoisotopic (exact) mass is 291 g/mol. The topological polar surface area (TPSA) is 57.8 Å². The van der Waals surface area contributed by atoms with Crippen molar-refractivity contribution in [2.75, 3.05) is 12.3 Å². The standard InChI is InChI=1S/C15H21N3OS/c1-3-4-5-8-16-14(19)10-20-15-17-12-7-6-11(2)9-13(12)18-15/h6-7,9H,3-5,8,10H2,1-2H3,(H,16,19)(H,17,18). The van der Waals surface area contributed by atoms with E-state index in [-0.39, 0.29) is 5.91 Å². The van der Waals surface area contributed by atoms with Crippen LogP contribution < -0.4 is 5.32 Å². The van der Waals surface area contributed by atoms with Gasteiger partial charge in [-0.1, -0.05) is 37.6 Å². The molecule has 20 heavy (non-hydrogen) atoms. The predicted octanol–water partition coefficient (Wildman–Crippen LogP) is 3.27. The van der Waals surface area contributed by atoms with Gasteiger partial charge in [-0.25, -0.2) is 4.98 Å². The number of nitrogens with one attached hydrogen (secondary N) is 2. The van der Waals surface area contributed by atoms with Gasteiger partial charge < -0.3 is 10.3 Å². The molecule has 2 N–H and O–H groups in total. The Labute approximate surface area is 123 Å². The molecule has 1 heterocycles. The van der Waals surface area contributed by atoms with Crippen molar-refractivity contribution in [2.45, 2.75) is 38.3 Å². The molecule has 2 aromatic rings. The number of fused-ring (bicyclic) bond motifs is 1. The second kappa shape index (κ2) is 7.33. The van der Waals surface area contributed by atoms with E-state index < -0.39 is 0 Å². The van der Waals surface area contributed by atoms with E-state index in [4.69, 9.17) is 0 Å². The van der Waals surface area contributed by atoms with Crippen LogP contribution in [0.1, 0.15) is 31.7 Å². The first kappa shape index (κ1) is 14.9. The van der Waals surface area contributed by atoms with E-state index in [1.807, 2.05) is 12.1 Å². The summed E-state index contributed by atoms with van der Waals surface area (Å²) >= 11 is 1.45. The summed E-state index contributed by atoms with van der Waals surface area (Å²) in [5.74, 6) is 0.480. The van der Waals surface area contributed by atoms with Gasteiger partial charge in [0, 0.05) is 6.54 Å². The number of H-pyrrole nitrogens is 1. The first-order chi connectivity index (χ1) is 9.69. The molecule has 108 valence electrons. The molecule has 0 unspecified atom stereocenters. The van der Waals surface area contributed by atoms with Gasteiger partial charge >= 0.3 is 0 Å². The molecule has 0 fully saturated rings. The molecular weight excluding hydrogens is 270 g/mol. The number of thioether (sulfide) groups is 1. The Balaban J connectivity index is 1.81. The lowest BCUT2D eigenvalue weighted by atomic mass is 10.2. The van der Waals surface area contributed by atoms with Gasteiger partial charge in [-0.15, -0.1) is 0 Å². The normalized spacial score (nSPS) is 10.9. The van der Waals surface area contributed by atoms with Gasteiger partial charge in [0.15, 0.2) is 5.16 Å². The summed E-state index contributed by atoms with van der Waals surface area (Å²) in [6.07, 6.45) is 3.39. The van der Waals surface area contributed by atoms with E-state index in [1.54, 1.807) is 0 Å². The van der Waals surface area contributed by atoms with Crippen molar-refractivity contribution in [1.82, 2.24) is 15.3 Å². The minimum absolute atomic E-state index is 0.0720. The number of rotatable bonds is 7. The van der Waals surface area contributed by atoms with Gasteiger partial charge in [-0.05, 0) is 31.0 Å². The number of carbonyl (C=O) groups is 1. The maximum Gasteiger partial charge on any atom is 0.230 e. The Morgan fingerprint density at radius 2 is 2.25 bits per heavy atom. The van der Waals surface area contributed by atoms with Crippen LogP contribution in [0.3, 0.4) is 0 Å². The average Bonchev–Trinajstić information content (AvgIpc) is 2.83. The molecule has 0 atom stereocenters. The zero-order valence-corrected chi connectivity index (χ0v) is 12.8. The van der Waals surface area contributed by atoms with E-state index in [0.717, 1.165) is 35.6 Å². The summed E-state index contributed by atoms with van der Waals surface area (Å²) in [7, 11) is 0. The van der Waals surface area contributed by atoms with Gasteiger partial charge in [-0.3, -0.25) is 4.79 Å². The number of aromatic nitrogens is 2. The fourth-order valence-corrected chi connectivity index (χ4v) is 2.67. The maximum atomic E-state index is 11.7. The number of aryl methyl sites for hydroxylation is 1. The Kier molecular flexibility index (Phi) is 5.47. The average molecular weight is 291 g/mol. The van der Waals surface area contributed by atoms with Gasteiger partial charge in [-0.2, -0.15) is 0 Å². The van der Waals surface area contributed by atoms with Crippen molar-refractivity contribution in [3.05, 3.63) is 23.8 Å². The van der Waals surface area contributed by atoms with E-state index in [9.17, 15) is 4.79 Å². The van der Waals surface area contributed by atoms with Gasteiger partial charge in [0.1, 0.15) is 0 Å². The van der Waals surface area contributed by atoms with E-state index >= 15 is 0 Å². The number of aromatic amines is 1. The smallest absolute Gasteiger partial charge is 0.230 e. The molecule has 2 rings (SSSR count). The second-order valence-corrected chi connectivity index (χ2v) is 5.87. The van der Waals surface area contributed by atoms with E-state index in [2.05, 4.69) is 35.2 Å². The molecule has 0 aliphatic carbocycles. The van der Waals surface area contributed by atoms with E-state index in [0.29, 0.717) is 5.75 Å². The number of unbranched alkanes of at least 4 members (excludes halogenated alkanes) is 2. The van der Waals surface area contributed by atoms with Gasteiger partial charge in [0.25, 0.3) is 0 Å². The third-order valence-electron chi connectivity index (χ3n) is 3.06. The third kappa shape index (κ3) is 4.27. The Bertz CT molecular complexity index is 580. The summed E-state index contributed by atoms with van der Waals surface area (Å²) in [5.41, 5.74) is 3.17. The van der Waals surface area contributed by atoms with Gasteiger partial charge in [0.2, 0.25) is 5.91 Å². The highest BCUT2D eigenvalue weighted by Crippen LogP contribution is 2.20. The maximum absolute atomic E-state index is 11.7. The Morgan fingerprint density at radius 1 is 1.40 bits per heavy atom. The van der Waals surface area contributed by atoms with Crippen LogP contribution in [0.15, 0.2) is 23.4 Å². The van der Waals surface area contributed by atoms with Crippen LogP contribution in [-0.2, 0) is 4.79 Å². The lowest BCUT2D eigenvalue weighted by Gasteiger charge is -2.03. The molecule has 0 aliphatic heterocycles. The zero-order chi connectivity index (χ0) is 14.4. The van der Waals surface area contributed by atoms with Gasteiger partial charge in [0.05, 0.1) is 16.8 Å². The summed E-state index contributed by atoms with van der Waals surface area (Å²) in [5, 5.41) is 3.73. The number of carbonyl (C=O) groups excluding carboxylic acids is 1. The van der Waals surface area contributed by atoms with Crippen molar-refractivity contribution < 1.29 is 4.79 Å². The fourth-order valence-electron chi connectivity index (χ4n) is 1.96. The molecule has 4 nitrogen and oxygen atoms in total.